The monoisotopic (exact) mass is 479 g/mol. The summed E-state index contributed by atoms with van der Waals surface area (Å²) in [6.07, 6.45) is 1.74. The minimum Gasteiger partial charge on any atom is -0.493 e. The number of benzene rings is 2. The molecule has 1 aliphatic rings. The lowest BCUT2D eigenvalue weighted by Gasteiger charge is -2.32. The molecule has 33 heavy (non-hydrogen) atoms. The number of aromatic nitrogens is 1. The number of fused-ring (bicyclic) bond motifs is 1. The van der Waals surface area contributed by atoms with Crippen LogP contribution in [0.15, 0.2) is 45.7 Å². The van der Waals surface area contributed by atoms with Gasteiger partial charge in [0.1, 0.15) is 18.8 Å². The van der Waals surface area contributed by atoms with Crippen molar-refractivity contribution in [1.29, 1.82) is 0 Å². The Labute approximate surface area is 191 Å². The summed E-state index contributed by atoms with van der Waals surface area (Å²) in [5.74, 6) is 1.12. The average molecular weight is 480 g/mol. The number of hydrogen-bond acceptors (Lipinski definition) is 8. The van der Waals surface area contributed by atoms with E-state index in [-0.39, 0.29) is 17.5 Å². The molecular weight excluding hydrogens is 453 g/mol. The number of ether oxygens (including phenoxy) is 2. The highest BCUT2D eigenvalue weighted by atomic mass is 32.2. The molecule has 0 spiro atoms. The van der Waals surface area contributed by atoms with Crippen molar-refractivity contribution in [3.8, 4) is 11.5 Å². The van der Waals surface area contributed by atoms with Crippen molar-refractivity contribution in [3.63, 3.8) is 0 Å². The molecule has 2 heterocycles. The maximum atomic E-state index is 12.5. The Hall–Kier alpha value is -2.89. The van der Waals surface area contributed by atoms with Crippen LogP contribution in [0.5, 0.6) is 11.5 Å². The van der Waals surface area contributed by atoms with Gasteiger partial charge in [0.05, 0.1) is 12.0 Å². The molecule has 2 aromatic carbocycles. The highest BCUT2D eigenvalue weighted by Gasteiger charge is 2.22. The Kier molecular flexibility index (Phi) is 7.01. The van der Waals surface area contributed by atoms with Gasteiger partial charge in [0.15, 0.2) is 17.1 Å². The van der Waals surface area contributed by atoms with Gasteiger partial charge in [-0.2, -0.15) is 13.4 Å². The van der Waals surface area contributed by atoms with Crippen molar-refractivity contribution in [2.75, 3.05) is 38.8 Å². The number of methoxy groups -OCH3 is 1. The zero-order chi connectivity index (χ0) is 23.4. The van der Waals surface area contributed by atoms with Gasteiger partial charge in [0.25, 0.3) is 16.1 Å². The lowest BCUT2D eigenvalue weighted by Crippen LogP contribution is -2.38. The fourth-order valence-corrected chi connectivity index (χ4v) is 4.38. The van der Waals surface area contributed by atoms with Crippen LogP contribution in [0.2, 0.25) is 0 Å². The Morgan fingerprint density at radius 3 is 2.70 bits per heavy atom. The van der Waals surface area contributed by atoms with E-state index < -0.39 is 16.8 Å². The van der Waals surface area contributed by atoms with E-state index in [0.717, 1.165) is 38.0 Å². The number of alkyl halides is 1. The Bertz CT molecular complexity index is 1210. The summed E-state index contributed by atoms with van der Waals surface area (Å²) in [6.45, 7) is 1.89. The zero-order valence-corrected chi connectivity index (χ0v) is 19.0. The third-order valence-electron chi connectivity index (χ3n) is 5.54. The smallest absolute Gasteiger partial charge is 0.295 e. The van der Waals surface area contributed by atoms with Crippen LogP contribution in [0.1, 0.15) is 18.4 Å². The molecule has 1 fully saturated rings. The van der Waals surface area contributed by atoms with Crippen LogP contribution in [-0.2, 0) is 16.7 Å². The molecule has 1 aliphatic heterocycles. The van der Waals surface area contributed by atoms with Gasteiger partial charge < -0.3 is 19.2 Å². The van der Waals surface area contributed by atoms with Gasteiger partial charge in [-0.25, -0.2) is 4.39 Å². The third-order valence-corrected chi connectivity index (χ3v) is 6.39. The van der Waals surface area contributed by atoms with Crippen molar-refractivity contribution < 1.29 is 31.3 Å². The summed E-state index contributed by atoms with van der Waals surface area (Å²) in [7, 11) is -2.74. The van der Waals surface area contributed by atoms with Crippen molar-refractivity contribution in [2.45, 2.75) is 30.3 Å². The van der Waals surface area contributed by atoms with Crippen molar-refractivity contribution >= 4 is 27.2 Å². The van der Waals surface area contributed by atoms with Gasteiger partial charge in [0, 0.05) is 25.7 Å². The first-order chi connectivity index (χ1) is 15.9. The molecule has 1 saturated heterocycles. The lowest BCUT2D eigenvalue weighted by molar-refractivity contribution is 0.209. The van der Waals surface area contributed by atoms with Gasteiger partial charge in [-0.15, -0.1) is 0 Å². The Morgan fingerprint density at radius 2 is 2.00 bits per heavy atom. The molecule has 0 aliphatic carbocycles. The summed E-state index contributed by atoms with van der Waals surface area (Å²) in [4.78, 5) is 6.40. The maximum Gasteiger partial charge on any atom is 0.295 e. The number of halogens is 1. The number of rotatable bonds is 9. The normalized spacial score (nSPS) is 15.6. The number of nitrogens with zero attached hydrogens (tertiary/aromatic N) is 2. The third kappa shape index (κ3) is 5.73. The van der Waals surface area contributed by atoms with Gasteiger partial charge in [-0.05, 0) is 48.7 Å². The quantitative estimate of drug-likeness (QED) is 0.445. The lowest BCUT2D eigenvalue weighted by atomic mass is 10.0. The average Bonchev–Trinajstić information content (AvgIpc) is 3.20. The number of likely N-dealkylation sites (tertiary alicyclic amines) is 1. The van der Waals surface area contributed by atoms with E-state index in [9.17, 15) is 17.4 Å². The molecule has 2 N–H and O–H groups in total. The highest BCUT2D eigenvalue weighted by Crippen LogP contribution is 2.29. The molecule has 0 radical (unpaired) electrons. The Morgan fingerprint density at radius 1 is 1.21 bits per heavy atom. The standard InChI is InChI=1S/C22H26FN3O6S/c1-30-20-4-2-15(12-21(20)31-11-8-23)14-26-9-6-16(7-10-26)24-22-25-18-13-17(33(27,28)29)3-5-19(18)32-22/h2-5,12-13,16H,6-11,14H2,1H3,(H,24,25)(H,27,28,29). The second-order valence-corrected chi connectivity index (χ2v) is 9.26. The highest BCUT2D eigenvalue weighted by molar-refractivity contribution is 7.85. The van der Waals surface area contributed by atoms with Gasteiger partial charge in [0.2, 0.25) is 0 Å². The van der Waals surface area contributed by atoms with Crippen LogP contribution in [0, 0.1) is 0 Å². The number of hydrogen-bond donors (Lipinski definition) is 2. The summed E-state index contributed by atoms with van der Waals surface area (Å²) in [5.41, 5.74) is 1.85. The first kappa shape index (κ1) is 23.3. The van der Waals surface area contributed by atoms with Crippen LogP contribution in [0.4, 0.5) is 10.4 Å². The van der Waals surface area contributed by atoms with Gasteiger partial charge >= 0.3 is 0 Å². The fraction of sp³-hybridized carbons (Fsp3) is 0.409. The minimum absolute atomic E-state index is 0.0101. The molecule has 0 unspecified atom stereocenters. The minimum atomic E-state index is -4.29. The predicted molar refractivity (Wildman–Crippen MR) is 120 cm³/mol. The molecule has 0 saturated carbocycles. The van der Waals surface area contributed by atoms with E-state index >= 15 is 0 Å². The van der Waals surface area contributed by atoms with Gasteiger partial charge in [-0.3, -0.25) is 9.45 Å². The van der Waals surface area contributed by atoms with E-state index in [1.807, 2.05) is 18.2 Å². The molecule has 0 amide bonds. The fourth-order valence-electron chi connectivity index (χ4n) is 3.88. The van der Waals surface area contributed by atoms with Crippen LogP contribution in [0.3, 0.4) is 0 Å². The number of piperidine rings is 1. The Balaban J connectivity index is 1.34. The predicted octanol–water partition coefficient (Wildman–Crippen LogP) is 3.51. The SMILES string of the molecule is COc1ccc(CN2CCC(Nc3nc4cc(S(=O)(=O)O)ccc4o3)CC2)cc1OCCF. The van der Waals surface area contributed by atoms with E-state index in [1.54, 1.807) is 7.11 Å². The second-order valence-electron chi connectivity index (χ2n) is 7.84. The number of anilines is 1. The molecule has 4 rings (SSSR count). The molecule has 0 atom stereocenters. The largest absolute Gasteiger partial charge is 0.493 e. The molecule has 1 aromatic heterocycles. The first-order valence-corrected chi connectivity index (χ1v) is 12.0. The molecule has 178 valence electrons. The molecule has 11 heteroatoms. The molecule has 0 bridgehead atoms. The summed E-state index contributed by atoms with van der Waals surface area (Å²) >= 11 is 0. The topological polar surface area (TPSA) is 114 Å². The first-order valence-electron chi connectivity index (χ1n) is 10.6. The zero-order valence-electron chi connectivity index (χ0n) is 18.2. The van der Waals surface area contributed by atoms with Crippen LogP contribution < -0.4 is 14.8 Å². The van der Waals surface area contributed by atoms with E-state index in [0.29, 0.717) is 28.6 Å². The summed E-state index contributed by atoms with van der Waals surface area (Å²) in [5, 5.41) is 3.27. The second kappa shape index (κ2) is 9.94. The van der Waals surface area contributed by atoms with Gasteiger partial charge in [-0.1, -0.05) is 6.07 Å². The summed E-state index contributed by atoms with van der Waals surface area (Å²) < 4.78 is 60.7. The van der Waals surface area contributed by atoms with E-state index in [2.05, 4.69) is 15.2 Å². The molecule has 9 nitrogen and oxygen atoms in total. The van der Waals surface area contributed by atoms with E-state index in [1.165, 1.54) is 18.2 Å². The molecule has 3 aromatic rings. The molecular formula is C22H26FN3O6S. The maximum absolute atomic E-state index is 12.5. The number of oxazole rings is 1. The van der Waals surface area contributed by atoms with Crippen LogP contribution >= 0.6 is 0 Å². The van der Waals surface area contributed by atoms with Crippen molar-refractivity contribution in [3.05, 3.63) is 42.0 Å². The van der Waals surface area contributed by atoms with Crippen molar-refractivity contribution in [2.24, 2.45) is 0 Å². The van der Waals surface area contributed by atoms with Crippen LogP contribution in [-0.4, -0.2) is 62.4 Å². The number of nitrogens with one attached hydrogen (secondary N) is 1. The summed E-state index contributed by atoms with van der Waals surface area (Å²) in [6, 6.07) is 10.2. The van der Waals surface area contributed by atoms with Crippen LogP contribution in [0.25, 0.3) is 11.1 Å². The van der Waals surface area contributed by atoms with E-state index in [4.69, 9.17) is 13.9 Å². The van der Waals surface area contributed by atoms with Crippen molar-refractivity contribution in [1.82, 2.24) is 9.88 Å².